The Hall–Kier alpha value is -2.96. The molecule has 26 heavy (non-hydrogen) atoms. The van der Waals surface area contributed by atoms with Crippen molar-refractivity contribution in [2.75, 3.05) is 26.6 Å². The predicted octanol–water partition coefficient (Wildman–Crippen LogP) is 3.38. The largest absolute Gasteiger partial charge is 0.493 e. The van der Waals surface area contributed by atoms with Gasteiger partial charge in [0.15, 0.2) is 11.5 Å². The molecule has 0 aliphatic carbocycles. The molecule has 0 spiro atoms. The minimum atomic E-state index is -0.133. The minimum Gasteiger partial charge on any atom is -0.493 e. The summed E-state index contributed by atoms with van der Waals surface area (Å²) >= 11 is 0. The maximum absolute atomic E-state index is 12.1. The number of nitrogens with one attached hydrogen (secondary N) is 2. The number of methoxy groups -OCH3 is 3. The molecule has 7 heteroatoms. The zero-order valence-corrected chi connectivity index (χ0v) is 15.8. The van der Waals surface area contributed by atoms with E-state index in [-0.39, 0.29) is 11.9 Å². The van der Waals surface area contributed by atoms with Crippen LogP contribution < -0.4 is 24.8 Å². The normalized spacial score (nSPS) is 11.4. The van der Waals surface area contributed by atoms with Crippen molar-refractivity contribution in [1.29, 1.82) is 0 Å². The number of benzene rings is 1. The average Bonchev–Trinajstić information content (AvgIpc) is 2.67. The summed E-state index contributed by atoms with van der Waals surface area (Å²) in [5.74, 6) is 2.06. The molecule has 0 saturated carbocycles. The van der Waals surface area contributed by atoms with Crippen LogP contribution in [0.15, 0.2) is 30.5 Å². The molecule has 0 aliphatic heterocycles. The van der Waals surface area contributed by atoms with Gasteiger partial charge in [-0.15, -0.1) is 0 Å². The highest BCUT2D eigenvalue weighted by atomic mass is 16.5. The maximum atomic E-state index is 12.1. The van der Waals surface area contributed by atoms with Crippen LogP contribution in [0.25, 0.3) is 0 Å². The summed E-state index contributed by atoms with van der Waals surface area (Å²) in [5.41, 5.74) is 1.24. The van der Waals surface area contributed by atoms with Gasteiger partial charge in [0.05, 0.1) is 26.9 Å². The van der Waals surface area contributed by atoms with Crippen molar-refractivity contribution in [3.63, 3.8) is 0 Å². The van der Waals surface area contributed by atoms with E-state index in [0.717, 1.165) is 12.1 Å². The average molecular weight is 359 g/mol. The topological polar surface area (TPSA) is 81.7 Å². The van der Waals surface area contributed by atoms with Gasteiger partial charge in [-0.1, -0.05) is 6.92 Å². The second-order valence-electron chi connectivity index (χ2n) is 5.75. The molecule has 1 unspecified atom stereocenters. The van der Waals surface area contributed by atoms with Gasteiger partial charge in [-0.25, -0.2) is 4.98 Å². The van der Waals surface area contributed by atoms with Gasteiger partial charge in [-0.3, -0.25) is 4.79 Å². The van der Waals surface area contributed by atoms with E-state index in [9.17, 15) is 4.79 Å². The number of carbonyl (C=O) groups excluding carboxylic acids is 1. The third-order valence-corrected chi connectivity index (χ3v) is 3.95. The summed E-state index contributed by atoms with van der Waals surface area (Å²) < 4.78 is 16.0. The third kappa shape index (κ3) is 4.56. The number of anilines is 2. The van der Waals surface area contributed by atoms with Gasteiger partial charge in [0.1, 0.15) is 5.82 Å². The number of aromatic nitrogens is 1. The summed E-state index contributed by atoms with van der Waals surface area (Å²) in [6.45, 7) is 3.99. The molecule has 1 aromatic carbocycles. The van der Waals surface area contributed by atoms with Gasteiger partial charge in [-0.05, 0) is 25.5 Å². The van der Waals surface area contributed by atoms with Crippen molar-refractivity contribution >= 4 is 17.4 Å². The van der Waals surface area contributed by atoms with Gasteiger partial charge >= 0.3 is 0 Å². The highest BCUT2D eigenvalue weighted by Crippen LogP contribution is 2.40. The molecule has 1 atom stereocenters. The Kier molecular flexibility index (Phi) is 6.66. The molecular formula is C19H25N3O4. The smallest absolute Gasteiger partial charge is 0.253 e. The molecule has 2 rings (SSSR count). The van der Waals surface area contributed by atoms with Crippen LogP contribution in [0.4, 0.5) is 11.5 Å². The Balaban J connectivity index is 2.17. The molecule has 7 nitrogen and oxygen atoms in total. The predicted molar refractivity (Wildman–Crippen MR) is 101 cm³/mol. The summed E-state index contributed by atoms with van der Waals surface area (Å²) in [6.07, 6.45) is 2.41. The zero-order chi connectivity index (χ0) is 19.1. The lowest BCUT2D eigenvalue weighted by Crippen LogP contribution is -2.31. The molecule has 140 valence electrons. The Morgan fingerprint density at radius 3 is 2.23 bits per heavy atom. The van der Waals surface area contributed by atoms with E-state index in [0.29, 0.717) is 28.6 Å². The molecule has 0 bridgehead atoms. The van der Waals surface area contributed by atoms with Gasteiger partial charge in [0.2, 0.25) is 5.75 Å². The zero-order valence-electron chi connectivity index (χ0n) is 15.8. The Bertz CT molecular complexity index is 722. The molecule has 0 fully saturated rings. The first-order chi connectivity index (χ1) is 12.5. The Morgan fingerprint density at radius 2 is 1.77 bits per heavy atom. The highest BCUT2D eigenvalue weighted by molar-refractivity contribution is 5.94. The van der Waals surface area contributed by atoms with Crippen LogP contribution >= 0.6 is 0 Å². The molecule has 1 aromatic heterocycles. The lowest BCUT2D eigenvalue weighted by molar-refractivity contribution is 0.0939. The van der Waals surface area contributed by atoms with Crippen molar-refractivity contribution in [2.45, 2.75) is 26.3 Å². The molecule has 1 amide bonds. The first kappa shape index (κ1) is 19.4. The highest BCUT2D eigenvalue weighted by Gasteiger charge is 2.14. The van der Waals surface area contributed by atoms with E-state index in [4.69, 9.17) is 14.2 Å². The number of pyridine rings is 1. The number of ether oxygens (including phenoxy) is 3. The number of nitrogens with zero attached hydrogens (tertiary/aromatic N) is 1. The molecular weight excluding hydrogens is 334 g/mol. The maximum Gasteiger partial charge on any atom is 0.253 e. The van der Waals surface area contributed by atoms with Gasteiger partial charge in [0, 0.05) is 30.1 Å². The molecule has 1 heterocycles. The molecule has 0 saturated heterocycles. The Morgan fingerprint density at radius 1 is 1.12 bits per heavy atom. The fourth-order valence-electron chi connectivity index (χ4n) is 2.31. The molecule has 0 radical (unpaired) electrons. The number of hydrogen-bond donors (Lipinski definition) is 2. The quantitative estimate of drug-likeness (QED) is 0.752. The minimum absolute atomic E-state index is 0.125. The van der Waals surface area contributed by atoms with Crippen LogP contribution in [0.2, 0.25) is 0 Å². The van der Waals surface area contributed by atoms with Crippen molar-refractivity contribution in [3.05, 3.63) is 36.0 Å². The van der Waals surface area contributed by atoms with E-state index in [1.54, 1.807) is 45.6 Å². The number of hydrogen-bond acceptors (Lipinski definition) is 6. The van der Waals surface area contributed by atoms with Gasteiger partial charge in [0.25, 0.3) is 5.91 Å². The standard InChI is InChI=1S/C19H25N3O4/c1-6-12(2)21-19(23)13-7-8-17(20-11-13)22-14-9-15(24-3)18(26-5)16(10-14)25-4/h7-12H,6H2,1-5H3,(H,20,22)(H,21,23). The van der Waals surface area contributed by atoms with E-state index < -0.39 is 0 Å². The first-order valence-corrected chi connectivity index (χ1v) is 8.36. The Labute approximate surface area is 153 Å². The molecule has 2 aromatic rings. The van der Waals surface area contributed by atoms with E-state index in [1.807, 2.05) is 13.8 Å². The summed E-state index contributed by atoms with van der Waals surface area (Å²) in [6, 6.07) is 7.17. The second kappa shape index (κ2) is 8.94. The number of rotatable bonds is 8. The van der Waals surface area contributed by atoms with E-state index in [2.05, 4.69) is 15.6 Å². The fourth-order valence-corrected chi connectivity index (χ4v) is 2.31. The first-order valence-electron chi connectivity index (χ1n) is 8.36. The summed E-state index contributed by atoms with van der Waals surface area (Å²) in [5, 5.41) is 6.08. The van der Waals surface area contributed by atoms with Crippen LogP contribution in [0.5, 0.6) is 17.2 Å². The number of carbonyl (C=O) groups is 1. The van der Waals surface area contributed by atoms with Gasteiger partial charge < -0.3 is 24.8 Å². The summed E-state index contributed by atoms with van der Waals surface area (Å²) in [4.78, 5) is 16.4. The molecule has 0 aliphatic rings. The fraction of sp³-hybridized carbons (Fsp3) is 0.368. The van der Waals surface area contributed by atoms with Crippen LogP contribution in [0, 0.1) is 0 Å². The SMILES string of the molecule is CCC(C)NC(=O)c1ccc(Nc2cc(OC)c(OC)c(OC)c2)nc1. The van der Waals surface area contributed by atoms with E-state index in [1.165, 1.54) is 6.20 Å². The van der Waals surface area contributed by atoms with Crippen LogP contribution in [-0.2, 0) is 0 Å². The lowest BCUT2D eigenvalue weighted by atomic mass is 10.2. The van der Waals surface area contributed by atoms with Crippen LogP contribution in [0.1, 0.15) is 30.6 Å². The third-order valence-electron chi connectivity index (χ3n) is 3.95. The van der Waals surface area contributed by atoms with Crippen molar-refractivity contribution in [2.24, 2.45) is 0 Å². The van der Waals surface area contributed by atoms with Crippen LogP contribution in [-0.4, -0.2) is 38.3 Å². The molecule has 2 N–H and O–H groups in total. The lowest BCUT2D eigenvalue weighted by Gasteiger charge is -2.15. The second-order valence-corrected chi connectivity index (χ2v) is 5.75. The summed E-state index contributed by atoms with van der Waals surface area (Å²) in [7, 11) is 4.67. The van der Waals surface area contributed by atoms with Crippen molar-refractivity contribution in [1.82, 2.24) is 10.3 Å². The number of amides is 1. The van der Waals surface area contributed by atoms with Crippen LogP contribution in [0.3, 0.4) is 0 Å². The monoisotopic (exact) mass is 359 g/mol. The van der Waals surface area contributed by atoms with Crippen molar-refractivity contribution < 1.29 is 19.0 Å². The van der Waals surface area contributed by atoms with Gasteiger partial charge in [-0.2, -0.15) is 0 Å². The van der Waals surface area contributed by atoms with E-state index >= 15 is 0 Å². The van der Waals surface area contributed by atoms with Crippen molar-refractivity contribution in [3.8, 4) is 17.2 Å².